The van der Waals surface area contributed by atoms with Gasteiger partial charge < -0.3 is 0 Å². The van der Waals surface area contributed by atoms with Gasteiger partial charge in [0, 0.05) is 16.1 Å². The van der Waals surface area contributed by atoms with Crippen molar-refractivity contribution < 1.29 is 0 Å². The second-order valence-electron chi connectivity index (χ2n) is 4.31. The van der Waals surface area contributed by atoms with Gasteiger partial charge in [0.25, 0.3) is 0 Å². The molecule has 2 heterocycles. The topological polar surface area (TPSA) is 38.7 Å². The molecule has 3 nitrogen and oxygen atoms in total. The minimum atomic E-state index is 0.278. The van der Waals surface area contributed by atoms with Gasteiger partial charge in [0.1, 0.15) is 10.3 Å². The predicted octanol–water partition coefficient (Wildman–Crippen LogP) is 5.54. The van der Waals surface area contributed by atoms with Crippen LogP contribution in [0.5, 0.6) is 0 Å². The highest BCUT2D eigenvalue weighted by Gasteiger charge is 2.16. The number of aromatic nitrogens is 3. The molecule has 3 rings (SSSR count). The Morgan fingerprint density at radius 3 is 2.29 bits per heavy atom. The van der Waals surface area contributed by atoms with Gasteiger partial charge in [-0.25, -0.2) is 15.0 Å². The van der Waals surface area contributed by atoms with Crippen LogP contribution in [0.15, 0.2) is 29.6 Å². The van der Waals surface area contributed by atoms with Crippen LogP contribution in [0.1, 0.15) is 5.69 Å². The number of aryl methyl sites for hydroxylation is 1. The molecule has 2 aromatic heterocycles. The van der Waals surface area contributed by atoms with Gasteiger partial charge in [0.05, 0.1) is 5.56 Å². The highest BCUT2D eigenvalue weighted by atomic mass is 35.5. The summed E-state index contributed by atoms with van der Waals surface area (Å²) in [5.41, 5.74) is 2.25. The average molecular weight is 357 g/mol. The molecule has 0 aliphatic carbocycles. The molecule has 0 aliphatic heterocycles. The number of hydrogen-bond donors (Lipinski definition) is 0. The van der Waals surface area contributed by atoms with Gasteiger partial charge in [0.15, 0.2) is 10.8 Å². The molecule has 0 unspecified atom stereocenters. The first-order valence-corrected chi connectivity index (χ1v) is 7.97. The Morgan fingerprint density at radius 2 is 1.71 bits per heavy atom. The summed E-state index contributed by atoms with van der Waals surface area (Å²) in [6.07, 6.45) is 0. The van der Waals surface area contributed by atoms with E-state index in [9.17, 15) is 0 Å². The summed E-state index contributed by atoms with van der Waals surface area (Å²) in [6, 6.07) is 7.23. The fourth-order valence-electron chi connectivity index (χ4n) is 1.84. The van der Waals surface area contributed by atoms with Crippen molar-refractivity contribution in [1.29, 1.82) is 0 Å². The molecule has 1 aromatic carbocycles. The smallest absolute Gasteiger partial charge is 0.191 e. The van der Waals surface area contributed by atoms with E-state index in [1.165, 1.54) is 11.3 Å². The second kappa shape index (κ2) is 5.89. The SMILES string of the molecule is Cc1csc(-c2nc(Cl)c(-c3cccc(Cl)c3)c(Cl)n2)n1. The molecule has 0 aliphatic rings. The van der Waals surface area contributed by atoms with E-state index in [0.717, 1.165) is 11.3 Å². The largest absolute Gasteiger partial charge is 0.238 e. The first kappa shape index (κ1) is 14.7. The fourth-order valence-corrected chi connectivity index (χ4v) is 3.37. The molecular weight excluding hydrogens is 349 g/mol. The number of rotatable bonds is 2. The third kappa shape index (κ3) is 3.04. The van der Waals surface area contributed by atoms with Crippen LogP contribution in [0.4, 0.5) is 0 Å². The van der Waals surface area contributed by atoms with E-state index in [1.54, 1.807) is 12.1 Å². The van der Waals surface area contributed by atoms with Crippen molar-refractivity contribution in [3.8, 4) is 22.0 Å². The van der Waals surface area contributed by atoms with Gasteiger partial charge >= 0.3 is 0 Å². The summed E-state index contributed by atoms with van der Waals surface area (Å²) >= 11 is 20.0. The number of halogens is 3. The Bertz CT molecular complexity index is 794. The highest BCUT2D eigenvalue weighted by Crippen LogP contribution is 2.35. The molecule has 106 valence electrons. The highest BCUT2D eigenvalue weighted by molar-refractivity contribution is 7.13. The van der Waals surface area contributed by atoms with Crippen LogP contribution in [0, 0.1) is 6.92 Å². The molecule has 0 fully saturated rings. The normalized spacial score (nSPS) is 10.9. The van der Waals surface area contributed by atoms with Gasteiger partial charge in [-0.1, -0.05) is 46.9 Å². The maximum atomic E-state index is 6.28. The maximum absolute atomic E-state index is 6.28. The summed E-state index contributed by atoms with van der Waals surface area (Å²) in [5, 5.41) is 3.76. The van der Waals surface area contributed by atoms with E-state index in [4.69, 9.17) is 34.8 Å². The Hall–Kier alpha value is -1.20. The average Bonchev–Trinajstić information content (AvgIpc) is 2.85. The standard InChI is InChI=1S/C14H8Cl3N3S/c1-7-6-21-14(18-7)13-19-11(16)10(12(17)20-13)8-3-2-4-9(15)5-8/h2-6H,1H3. The van der Waals surface area contributed by atoms with Gasteiger partial charge in [-0.3, -0.25) is 0 Å². The van der Waals surface area contributed by atoms with Crippen molar-refractivity contribution in [3.05, 3.63) is 50.7 Å². The van der Waals surface area contributed by atoms with Crippen LogP contribution in [-0.4, -0.2) is 15.0 Å². The molecule has 0 bridgehead atoms. The lowest BCUT2D eigenvalue weighted by Gasteiger charge is -2.07. The van der Waals surface area contributed by atoms with E-state index in [0.29, 0.717) is 21.4 Å². The van der Waals surface area contributed by atoms with E-state index < -0.39 is 0 Å². The molecule has 0 amide bonds. The lowest BCUT2D eigenvalue weighted by Crippen LogP contribution is -1.94. The third-order valence-electron chi connectivity index (χ3n) is 2.74. The summed E-state index contributed by atoms with van der Waals surface area (Å²) in [6.45, 7) is 1.91. The second-order valence-corrected chi connectivity index (χ2v) is 6.32. The van der Waals surface area contributed by atoms with Crippen molar-refractivity contribution in [2.75, 3.05) is 0 Å². The van der Waals surface area contributed by atoms with E-state index >= 15 is 0 Å². The summed E-state index contributed by atoms with van der Waals surface area (Å²) in [7, 11) is 0. The Labute approximate surface area is 140 Å². The first-order chi connectivity index (χ1) is 10.0. The summed E-state index contributed by atoms with van der Waals surface area (Å²) < 4.78 is 0. The summed E-state index contributed by atoms with van der Waals surface area (Å²) in [4.78, 5) is 12.9. The van der Waals surface area contributed by atoms with Gasteiger partial charge in [-0.15, -0.1) is 11.3 Å². The molecule has 0 spiro atoms. The molecule has 0 N–H and O–H groups in total. The third-order valence-corrected chi connectivity index (χ3v) is 4.48. The van der Waals surface area contributed by atoms with Crippen LogP contribution in [-0.2, 0) is 0 Å². The van der Waals surface area contributed by atoms with Crippen molar-refractivity contribution in [1.82, 2.24) is 15.0 Å². The molecule has 3 aromatic rings. The maximum Gasteiger partial charge on any atom is 0.191 e. The van der Waals surface area contributed by atoms with Crippen molar-refractivity contribution in [2.45, 2.75) is 6.92 Å². The Morgan fingerprint density at radius 1 is 1.00 bits per heavy atom. The molecule has 0 saturated carbocycles. The van der Waals surface area contributed by atoms with E-state index in [-0.39, 0.29) is 10.3 Å². The molecule has 7 heteroatoms. The summed E-state index contributed by atoms with van der Waals surface area (Å²) in [5.74, 6) is 0.425. The quantitative estimate of drug-likeness (QED) is 0.566. The number of thiazole rings is 1. The molecule has 0 radical (unpaired) electrons. The van der Waals surface area contributed by atoms with Crippen LogP contribution >= 0.6 is 46.1 Å². The van der Waals surface area contributed by atoms with Crippen LogP contribution in [0.2, 0.25) is 15.3 Å². The lowest BCUT2D eigenvalue weighted by atomic mass is 10.1. The fraction of sp³-hybridized carbons (Fsp3) is 0.0714. The molecule has 0 saturated heterocycles. The monoisotopic (exact) mass is 355 g/mol. The Kier molecular flexibility index (Phi) is 4.13. The number of hydrogen-bond acceptors (Lipinski definition) is 4. The van der Waals surface area contributed by atoms with Crippen molar-refractivity contribution in [3.63, 3.8) is 0 Å². The van der Waals surface area contributed by atoms with E-state index in [1.807, 2.05) is 24.4 Å². The Balaban J connectivity index is 2.12. The molecular formula is C14H8Cl3N3S. The van der Waals surface area contributed by atoms with Crippen LogP contribution < -0.4 is 0 Å². The van der Waals surface area contributed by atoms with Gasteiger partial charge in [-0.2, -0.15) is 0 Å². The number of nitrogens with zero attached hydrogens (tertiary/aromatic N) is 3. The predicted molar refractivity (Wildman–Crippen MR) is 88.3 cm³/mol. The lowest BCUT2D eigenvalue weighted by molar-refractivity contribution is 1.15. The molecule has 0 atom stereocenters. The van der Waals surface area contributed by atoms with Crippen LogP contribution in [0.25, 0.3) is 22.0 Å². The van der Waals surface area contributed by atoms with E-state index in [2.05, 4.69) is 15.0 Å². The van der Waals surface area contributed by atoms with Crippen molar-refractivity contribution >= 4 is 46.1 Å². The van der Waals surface area contributed by atoms with Gasteiger partial charge in [-0.05, 0) is 24.6 Å². The first-order valence-electron chi connectivity index (χ1n) is 5.96. The number of benzene rings is 1. The zero-order chi connectivity index (χ0) is 15.0. The minimum Gasteiger partial charge on any atom is -0.238 e. The van der Waals surface area contributed by atoms with Gasteiger partial charge in [0.2, 0.25) is 0 Å². The van der Waals surface area contributed by atoms with Crippen molar-refractivity contribution in [2.24, 2.45) is 0 Å². The van der Waals surface area contributed by atoms with Crippen LogP contribution in [0.3, 0.4) is 0 Å². The minimum absolute atomic E-state index is 0.278. The zero-order valence-corrected chi connectivity index (χ0v) is 13.9. The zero-order valence-electron chi connectivity index (χ0n) is 10.8. The molecule has 21 heavy (non-hydrogen) atoms.